The Balaban J connectivity index is 1.81. The molecule has 0 bridgehead atoms. The first-order chi connectivity index (χ1) is 12.9. The molecule has 26 heavy (non-hydrogen) atoms. The zero-order valence-corrected chi connectivity index (χ0v) is 15.6. The zero-order chi connectivity index (χ0) is 17.8. The molecule has 130 valence electrons. The fourth-order valence-corrected chi connectivity index (χ4v) is 3.79. The molecule has 3 nitrogen and oxygen atoms in total. The van der Waals surface area contributed by atoms with Gasteiger partial charge in [-0.25, -0.2) is 0 Å². The summed E-state index contributed by atoms with van der Waals surface area (Å²) in [6.45, 7) is 3.15. The van der Waals surface area contributed by atoms with E-state index >= 15 is 0 Å². The average molecular weight is 359 g/mol. The summed E-state index contributed by atoms with van der Waals surface area (Å²) in [6, 6.07) is 16.9. The number of hydrogen-bond acceptors (Lipinski definition) is 3. The summed E-state index contributed by atoms with van der Waals surface area (Å²) in [5, 5.41) is 5.68. The summed E-state index contributed by atoms with van der Waals surface area (Å²) >= 11 is 1.75. The van der Waals surface area contributed by atoms with Crippen molar-refractivity contribution >= 4 is 40.1 Å². The van der Waals surface area contributed by atoms with Crippen molar-refractivity contribution in [3.63, 3.8) is 0 Å². The molecule has 3 heterocycles. The van der Waals surface area contributed by atoms with E-state index in [1.54, 1.807) is 11.3 Å². The van der Waals surface area contributed by atoms with Crippen molar-refractivity contribution in [2.75, 3.05) is 11.6 Å². The van der Waals surface area contributed by atoms with Crippen LogP contribution in [0.3, 0.4) is 0 Å². The highest BCUT2D eigenvalue weighted by Gasteiger charge is 2.13. The van der Waals surface area contributed by atoms with E-state index in [4.69, 9.17) is 0 Å². The molecular weight excluding hydrogens is 338 g/mol. The quantitative estimate of drug-likeness (QED) is 0.424. The predicted molar refractivity (Wildman–Crippen MR) is 112 cm³/mol. The molecule has 0 unspecified atom stereocenters. The van der Waals surface area contributed by atoms with Gasteiger partial charge in [0.05, 0.1) is 11.2 Å². The zero-order valence-electron chi connectivity index (χ0n) is 14.7. The van der Waals surface area contributed by atoms with Crippen LogP contribution in [0.4, 0.5) is 5.69 Å². The van der Waals surface area contributed by atoms with Crippen molar-refractivity contribution < 1.29 is 0 Å². The molecule has 3 aromatic heterocycles. The Morgan fingerprint density at radius 3 is 2.65 bits per heavy atom. The van der Waals surface area contributed by atoms with Crippen molar-refractivity contribution in [1.82, 2.24) is 9.66 Å². The molecule has 0 amide bonds. The van der Waals surface area contributed by atoms with Gasteiger partial charge >= 0.3 is 0 Å². The minimum Gasteiger partial charge on any atom is -0.281 e. The van der Waals surface area contributed by atoms with Crippen LogP contribution in [0, 0.1) is 0 Å². The van der Waals surface area contributed by atoms with E-state index in [0.29, 0.717) is 0 Å². The van der Waals surface area contributed by atoms with Crippen LogP contribution in [0.1, 0.15) is 23.8 Å². The lowest BCUT2D eigenvalue weighted by molar-refractivity contribution is 0.695. The molecule has 0 saturated carbocycles. The van der Waals surface area contributed by atoms with Crippen molar-refractivity contribution in [3.8, 4) is 0 Å². The summed E-state index contributed by atoms with van der Waals surface area (Å²) in [4.78, 5) is 5.43. The van der Waals surface area contributed by atoms with Crippen LogP contribution in [0.5, 0.6) is 0 Å². The van der Waals surface area contributed by atoms with Crippen LogP contribution >= 0.6 is 11.3 Å². The van der Waals surface area contributed by atoms with Crippen LogP contribution in [0.25, 0.3) is 23.1 Å². The number of thiophene rings is 1. The summed E-state index contributed by atoms with van der Waals surface area (Å²) in [5.41, 5.74) is 3.59. The van der Waals surface area contributed by atoms with E-state index in [1.807, 2.05) is 12.4 Å². The van der Waals surface area contributed by atoms with E-state index < -0.39 is 0 Å². The number of pyridine rings is 1. The van der Waals surface area contributed by atoms with Crippen LogP contribution in [-0.4, -0.2) is 16.2 Å². The fraction of sp³-hybridized carbons (Fsp3) is 0.136. The third-order valence-corrected chi connectivity index (χ3v) is 5.19. The molecule has 0 saturated heterocycles. The number of aromatic nitrogens is 2. The van der Waals surface area contributed by atoms with Gasteiger partial charge in [0.25, 0.3) is 0 Å². The molecule has 4 aromatic rings. The molecule has 0 atom stereocenters. The number of rotatable bonds is 6. The van der Waals surface area contributed by atoms with Gasteiger partial charge in [-0.15, -0.1) is 11.3 Å². The highest BCUT2D eigenvalue weighted by atomic mass is 32.1. The van der Waals surface area contributed by atoms with Gasteiger partial charge in [-0.1, -0.05) is 37.3 Å². The molecule has 0 aliphatic rings. The Morgan fingerprint density at radius 1 is 1.04 bits per heavy atom. The van der Waals surface area contributed by atoms with Gasteiger partial charge in [-0.2, -0.15) is 0 Å². The predicted octanol–water partition coefficient (Wildman–Crippen LogP) is 5.95. The lowest BCUT2D eigenvalue weighted by Crippen LogP contribution is -2.29. The normalized spacial score (nSPS) is 11.4. The largest absolute Gasteiger partial charge is 0.281 e. The molecule has 0 spiro atoms. The molecular formula is C22H21N3S. The first-order valence-electron chi connectivity index (χ1n) is 8.86. The van der Waals surface area contributed by atoms with Crippen LogP contribution in [-0.2, 0) is 0 Å². The smallest absolute Gasteiger partial charge is 0.0704 e. The Morgan fingerprint density at radius 2 is 1.88 bits per heavy atom. The summed E-state index contributed by atoms with van der Waals surface area (Å²) < 4.78 is 2.27. The van der Waals surface area contributed by atoms with E-state index in [9.17, 15) is 0 Å². The Hall–Kier alpha value is -2.85. The molecule has 0 N–H and O–H groups in total. The number of hydrogen-bond donors (Lipinski definition) is 0. The average Bonchev–Trinajstić information content (AvgIpc) is 3.33. The molecule has 0 aliphatic heterocycles. The Bertz CT molecular complexity index is 1000. The van der Waals surface area contributed by atoms with Gasteiger partial charge in [0.2, 0.25) is 0 Å². The van der Waals surface area contributed by atoms with Crippen LogP contribution in [0.2, 0.25) is 0 Å². The fourth-order valence-electron chi connectivity index (χ4n) is 3.17. The third kappa shape index (κ3) is 3.28. The highest BCUT2D eigenvalue weighted by Crippen LogP contribution is 2.27. The molecule has 1 aromatic carbocycles. The van der Waals surface area contributed by atoms with E-state index in [0.717, 1.165) is 18.7 Å². The van der Waals surface area contributed by atoms with Gasteiger partial charge in [0.1, 0.15) is 0 Å². The van der Waals surface area contributed by atoms with Crippen molar-refractivity contribution in [3.05, 3.63) is 82.9 Å². The first kappa shape index (κ1) is 16.6. The minimum atomic E-state index is 0.941. The van der Waals surface area contributed by atoms with Crippen LogP contribution in [0.15, 0.2) is 72.5 Å². The molecule has 4 heteroatoms. The van der Waals surface area contributed by atoms with Gasteiger partial charge in [-0.3, -0.25) is 14.7 Å². The molecule has 0 radical (unpaired) electrons. The maximum atomic E-state index is 4.16. The van der Waals surface area contributed by atoms with E-state index in [2.05, 4.69) is 93.9 Å². The summed E-state index contributed by atoms with van der Waals surface area (Å²) in [7, 11) is 0. The second kappa shape index (κ2) is 7.58. The number of benzene rings is 1. The van der Waals surface area contributed by atoms with Gasteiger partial charge in [-0.05, 0) is 42.1 Å². The second-order valence-corrected chi connectivity index (χ2v) is 7.10. The van der Waals surface area contributed by atoms with E-state index in [1.165, 1.54) is 21.3 Å². The standard InChI is InChI=1S/C22H21N3S/c1-2-15-24(19-11-13-23-14-12-19)25-17-18(9-10-20-6-5-16-26-20)21-7-3-4-8-22(21)25/h3-14,16-17H,2,15H2,1H3. The maximum absolute atomic E-state index is 4.16. The molecule has 0 aliphatic carbocycles. The molecule has 0 fully saturated rings. The van der Waals surface area contributed by atoms with Gasteiger partial charge in [0, 0.05) is 41.0 Å². The summed E-state index contributed by atoms with van der Waals surface area (Å²) in [5.74, 6) is 0. The highest BCUT2D eigenvalue weighted by molar-refractivity contribution is 7.10. The molecule has 4 rings (SSSR count). The first-order valence-corrected chi connectivity index (χ1v) is 9.74. The van der Waals surface area contributed by atoms with Crippen LogP contribution < -0.4 is 5.01 Å². The van der Waals surface area contributed by atoms with Crippen molar-refractivity contribution in [1.29, 1.82) is 0 Å². The maximum Gasteiger partial charge on any atom is 0.0704 e. The second-order valence-electron chi connectivity index (χ2n) is 6.12. The third-order valence-electron chi connectivity index (χ3n) is 4.35. The lowest BCUT2D eigenvalue weighted by Gasteiger charge is -2.26. The van der Waals surface area contributed by atoms with Gasteiger partial charge in [0.15, 0.2) is 0 Å². The minimum absolute atomic E-state index is 0.941. The van der Waals surface area contributed by atoms with Crippen molar-refractivity contribution in [2.24, 2.45) is 0 Å². The lowest BCUT2D eigenvalue weighted by atomic mass is 10.1. The topological polar surface area (TPSA) is 21.1 Å². The number of anilines is 1. The number of fused-ring (bicyclic) bond motifs is 1. The monoisotopic (exact) mass is 359 g/mol. The Kier molecular flexibility index (Phi) is 4.84. The number of para-hydroxylation sites is 1. The Labute approximate surface area is 157 Å². The van der Waals surface area contributed by atoms with Crippen molar-refractivity contribution in [2.45, 2.75) is 13.3 Å². The van der Waals surface area contributed by atoms with E-state index in [-0.39, 0.29) is 0 Å². The summed E-state index contributed by atoms with van der Waals surface area (Å²) in [6.07, 6.45) is 11.4. The SMILES string of the molecule is CCCN(c1ccncc1)n1cc(C=Cc2cccs2)c2ccccc21. The number of nitrogens with zero attached hydrogens (tertiary/aromatic N) is 3. The van der Waals surface area contributed by atoms with Gasteiger partial charge < -0.3 is 0 Å².